The van der Waals surface area contributed by atoms with Gasteiger partial charge in [0.05, 0.1) is 21.1 Å². The van der Waals surface area contributed by atoms with Gasteiger partial charge in [-0.3, -0.25) is 29.7 Å². The van der Waals surface area contributed by atoms with E-state index >= 15 is 0 Å². The molecule has 0 spiro atoms. The number of aryl methyl sites for hydroxylation is 1. The van der Waals surface area contributed by atoms with Crippen molar-refractivity contribution in [2.24, 2.45) is 5.10 Å². The maximum Gasteiger partial charge on any atom is 0.343 e. The minimum absolute atomic E-state index is 0.135. The van der Waals surface area contributed by atoms with E-state index in [-0.39, 0.29) is 34.1 Å². The molecule has 0 fully saturated rings. The van der Waals surface area contributed by atoms with Gasteiger partial charge in [0.2, 0.25) is 0 Å². The van der Waals surface area contributed by atoms with E-state index in [1.807, 2.05) is 0 Å². The molecule has 186 valence electrons. The van der Waals surface area contributed by atoms with Crippen molar-refractivity contribution in [3.63, 3.8) is 0 Å². The maximum absolute atomic E-state index is 12.5. The van der Waals surface area contributed by atoms with Gasteiger partial charge < -0.3 is 4.74 Å². The fourth-order valence-corrected chi connectivity index (χ4v) is 3.35. The Morgan fingerprint density at radius 1 is 1.00 bits per heavy atom. The molecule has 1 atom stereocenters. The smallest absolute Gasteiger partial charge is 0.343 e. The van der Waals surface area contributed by atoms with Crippen LogP contribution in [0.25, 0.3) is 0 Å². The first-order chi connectivity index (χ1) is 17.0. The molecule has 1 aromatic heterocycles. The van der Waals surface area contributed by atoms with E-state index in [9.17, 15) is 29.8 Å². The maximum atomic E-state index is 12.5. The fourth-order valence-electron chi connectivity index (χ4n) is 3.35. The highest BCUT2D eigenvalue weighted by molar-refractivity contribution is 5.99. The summed E-state index contributed by atoms with van der Waals surface area (Å²) >= 11 is 0. The molecule has 2 aromatic carbocycles. The van der Waals surface area contributed by atoms with E-state index in [2.05, 4.69) is 15.6 Å². The Balaban J connectivity index is 1.63. The van der Waals surface area contributed by atoms with E-state index in [1.165, 1.54) is 54.9 Å². The van der Waals surface area contributed by atoms with Gasteiger partial charge in [0.15, 0.2) is 0 Å². The molecule has 36 heavy (non-hydrogen) atoms. The fraction of sp³-hybridized carbons (Fsp3) is 0.217. The van der Waals surface area contributed by atoms with Crippen LogP contribution >= 0.6 is 0 Å². The van der Waals surface area contributed by atoms with E-state index < -0.39 is 27.8 Å². The number of amides is 1. The average molecular weight is 494 g/mol. The zero-order chi connectivity index (χ0) is 26.6. The highest BCUT2D eigenvalue weighted by Gasteiger charge is 2.27. The molecule has 1 unspecified atom stereocenters. The summed E-state index contributed by atoms with van der Waals surface area (Å²) in [5, 5.41) is 30.1. The minimum atomic E-state index is -0.838. The molecule has 13 heteroatoms. The molecule has 1 amide bonds. The average Bonchev–Trinajstić information content (AvgIpc) is 3.15. The van der Waals surface area contributed by atoms with Gasteiger partial charge in [-0.05, 0) is 69.7 Å². The molecular formula is C23H22N6O7. The van der Waals surface area contributed by atoms with Crippen molar-refractivity contribution in [1.29, 1.82) is 0 Å². The lowest BCUT2D eigenvalue weighted by Gasteiger charge is -2.12. The molecule has 0 saturated heterocycles. The SMILES string of the molecule is CC(=NNC(=O)C(C)n1nc(C)c([N+](=O)[O-])c1C)c1ccc(OC(=O)c2ccc([N+](=O)[O-])cc2)cc1. The third kappa shape index (κ3) is 5.58. The molecule has 1 heterocycles. The number of carbonyl (C=O) groups is 2. The van der Waals surface area contributed by atoms with Crippen molar-refractivity contribution < 1.29 is 24.2 Å². The lowest BCUT2D eigenvalue weighted by Crippen LogP contribution is -2.29. The highest BCUT2D eigenvalue weighted by atomic mass is 16.6. The monoisotopic (exact) mass is 494 g/mol. The summed E-state index contributed by atoms with van der Waals surface area (Å²) < 4.78 is 6.56. The van der Waals surface area contributed by atoms with Gasteiger partial charge in [-0.1, -0.05) is 0 Å². The Kier molecular flexibility index (Phi) is 7.52. The first kappa shape index (κ1) is 25.7. The summed E-state index contributed by atoms with van der Waals surface area (Å²) in [6, 6.07) is 10.5. The Morgan fingerprint density at radius 3 is 2.11 bits per heavy atom. The molecular weight excluding hydrogens is 472 g/mol. The summed E-state index contributed by atoms with van der Waals surface area (Å²) in [5.74, 6) is -0.934. The number of rotatable bonds is 8. The van der Waals surface area contributed by atoms with Crippen LogP contribution in [0.5, 0.6) is 5.75 Å². The number of nitro groups is 2. The summed E-state index contributed by atoms with van der Waals surface area (Å²) in [6.45, 7) is 6.24. The molecule has 1 N–H and O–H groups in total. The van der Waals surface area contributed by atoms with E-state index in [4.69, 9.17) is 4.74 Å². The highest BCUT2D eigenvalue weighted by Crippen LogP contribution is 2.24. The third-order valence-electron chi connectivity index (χ3n) is 5.35. The number of aromatic nitrogens is 2. The predicted octanol–water partition coefficient (Wildman–Crippen LogP) is 3.64. The number of esters is 1. The first-order valence-corrected chi connectivity index (χ1v) is 10.6. The number of hydrogen-bond donors (Lipinski definition) is 1. The van der Waals surface area contributed by atoms with Gasteiger partial charge >= 0.3 is 11.7 Å². The van der Waals surface area contributed by atoms with Crippen LogP contribution in [0, 0.1) is 34.1 Å². The Labute approximate surface area is 204 Å². The van der Waals surface area contributed by atoms with Crippen LogP contribution in [0.2, 0.25) is 0 Å². The Morgan fingerprint density at radius 2 is 1.58 bits per heavy atom. The van der Waals surface area contributed by atoms with Gasteiger partial charge in [0.1, 0.15) is 23.2 Å². The van der Waals surface area contributed by atoms with Crippen molar-refractivity contribution in [2.75, 3.05) is 0 Å². The van der Waals surface area contributed by atoms with E-state index in [1.54, 1.807) is 26.0 Å². The zero-order valence-corrected chi connectivity index (χ0v) is 19.8. The Bertz CT molecular complexity index is 1360. The van der Waals surface area contributed by atoms with Crippen LogP contribution in [-0.2, 0) is 4.79 Å². The largest absolute Gasteiger partial charge is 0.423 e. The molecule has 0 bridgehead atoms. The van der Waals surface area contributed by atoms with Crippen molar-refractivity contribution in [3.05, 3.63) is 91.3 Å². The second-order valence-electron chi connectivity index (χ2n) is 7.79. The third-order valence-corrected chi connectivity index (χ3v) is 5.35. The van der Waals surface area contributed by atoms with Crippen LogP contribution in [0.15, 0.2) is 53.6 Å². The van der Waals surface area contributed by atoms with Crippen LogP contribution < -0.4 is 10.2 Å². The number of nitrogens with zero attached hydrogens (tertiary/aromatic N) is 5. The van der Waals surface area contributed by atoms with Gasteiger partial charge in [-0.15, -0.1) is 0 Å². The van der Waals surface area contributed by atoms with Gasteiger partial charge in [0.25, 0.3) is 11.6 Å². The zero-order valence-electron chi connectivity index (χ0n) is 19.8. The Hall–Kier alpha value is -4.94. The number of non-ortho nitro benzene ring substituents is 1. The van der Waals surface area contributed by atoms with Crippen LogP contribution in [0.4, 0.5) is 11.4 Å². The number of hydrazone groups is 1. The standard InChI is InChI=1S/C23H22N6O7/c1-13(24-25-22(30)16(4)27-15(3)21(29(34)35)14(2)26-27)17-7-11-20(12-8-17)36-23(31)18-5-9-19(10-6-18)28(32)33/h5-12,16H,1-4H3,(H,25,30). The summed E-state index contributed by atoms with van der Waals surface area (Å²) in [7, 11) is 0. The molecule has 3 rings (SSSR count). The number of nitro benzene ring substituents is 1. The number of nitrogens with one attached hydrogen (secondary N) is 1. The first-order valence-electron chi connectivity index (χ1n) is 10.6. The molecule has 0 aliphatic rings. The van der Waals surface area contributed by atoms with E-state index in [0.29, 0.717) is 11.3 Å². The van der Waals surface area contributed by atoms with Gasteiger partial charge in [-0.2, -0.15) is 10.2 Å². The summed E-state index contributed by atoms with van der Waals surface area (Å²) in [4.78, 5) is 45.6. The topological polar surface area (TPSA) is 172 Å². The van der Waals surface area contributed by atoms with E-state index in [0.717, 1.165) is 0 Å². The second-order valence-corrected chi connectivity index (χ2v) is 7.79. The number of carbonyl (C=O) groups excluding carboxylic acids is 2. The second kappa shape index (κ2) is 10.5. The molecule has 13 nitrogen and oxygen atoms in total. The summed E-state index contributed by atoms with van der Waals surface area (Å²) in [5.41, 5.74) is 3.90. The number of hydrogen-bond acceptors (Lipinski definition) is 9. The van der Waals surface area contributed by atoms with Crippen LogP contribution in [0.3, 0.4) is 0 Å². The molecule has 3 aromatic rings. The lowest BCUT2D eigenvalue weighted by atomic mass is 10.1. The number of ether oxygens (including phenoxy) is 1. The van der Waals surface area contributed by atoms with Crippen molar-refractivity contribution >= 4 is 29.0 Å². The normalized spacial score (nSPS) is 12.1. The summed E-state index contributed by atoms with van der Waals surface area (Å²) in [6.07, 6.45) is 0. The quantitative estimate of drug-likeness (QED) is 0.162. The van der Waals surface area contributed by atoms with Crippen LogP contribution in [0.1, 0.15) is 47.2 Å². The van der Waals surface area contributed by atoms with Gasteiger partial charge in [-0.25, -0.2) is 10.2 Å². The lowest BCUT2D eigenvalue weighted by molar-refractivity contribution is -0.386. The van der Waals surface area contributed by atoms with Crippen LogP contribution in [-0.4, -0.2) is 37.2 Å². The van der Waals surface area contributed by atoms with Crippen molar-refractivity contribution in [1.82, 2.24) is 15.2 Å². The molecule has 0 radical (unpaired) electrons. The molecule has 0 aliphatic heterocycles. The van der Waals surface area contributed by atoms with Crippen molar-refractivity contribution in [2.45, 2.75) is 33.7 Å². The number of benzene rings is 2. The predicted molar refractivity (Wildman–Crippen MR) is 128 cm³/mol. The van der Waals surface area contributed by atoms with Gasteiger partial charge in [0, 0.05) is 12.1 Å². The molecule has 0 aliphatic carbocycles. The van der Waals surface area contributed by atoms with Crippen molar-refractivity contribution in [3.8, 4) is 5.75 Å². The molecule has 0 saturated carbocycles. The minimum Gasteiger partial charge on any atom is -0.423 e.